The highest BCUT2D eigenvalue weighted by Crippen LogP contribution is 2.08. The Morgan fingerprint density at radius 1 is 1.64 bits per heavy atom. The Hall–Kier alpha value is -1.78. The van der Waals surface area contributed by atoms with Gasteiger partial charge < -0.3 is 15.4 Å². The van der Waals surface area contributed by atoms with E-state index in [2.05, 4.69) is 10.3 Å². The number of nitrogens with one attached hydrogen (secondary N) is 2. The summed E-state index contributed by atoms with van der Waals surface area (Å²) in [6, 6.07) is 1.36. The van der Waals surface area contributed by atoms with Gasteiger partial charge >= 0.3 is 0 Å². The molecule has 1 aromatic rings. The van der Waals surface area contributed by atoms with Gasteiger partial charge in [-0.3, -0.25) is 9.59 Å². The van der Waals surface area contributed by atoms with Crippen molar-refractivity contribution >= 4 is 5.91 Å². The van der Waals surface area contributed by atoms with E-state index in [-0.39, 0.29) is 5.56 Å². The van der Waals surface area contributed by atoms with Crippen LogP contribution < -0.4 is 10.9 Å². The molecule has 5 nitrogen and oxygen atoms in total. The number of hydrogen-bond donors (Lipinski definition) is 3. The van der Waals surface area contributed by atoms with E-state index in [1.54, 1.807) is 0 Å². The summed E-state index contributed by atoms with van der Waals surface area (Å²) < 4.78 is 0. The van der Waals surface area contributed by atoms with Crippen molar-refractivity contribution in [1.29, 1.82) is 0 Å². The Morgan fingerprint density at radius 3 is 3.00 bits per heavy atom. The molecule has 0 bridgehead atoms. The highest BCUT2D eigenvalue weighted by Gasteiger charge is 2.11. The molecule has 1 heterocycles. The van der Waals surface area contributed by atoms with Crippen LogP contribution >= 0.6 is 0 Å². The molecule has 0 unspecified atom stereocenters. The summed E-state index contributed by atoms with van der Waals surface area (Å²) in [6.07, 6.45) is 2.12. The number of pyridine rings is 1. The van der Waals surface area contributed by atoms with Crippen molar-refractivity contribution in [1.82, 2.24) is 10.3 Å². The first kappa shape index (κ1) is 10.3. The fourth-order valence-corrected chi connectivity index (χ4v) is 0.987. The van der Waals surface area contributed by atoms with Crippen LogP contribution in [0.4, 0.5) is 0 Å². The highest BCUT2D eigenvalue weighted by atomic mass is 16.3. The van der Waals surface area contributed by atoms with Crippen molar-refractivity contribution in [2.45, 2.75) is 13.3 Å². The Kier molecular flexibility index (Phi) is 3.28. The maximum Gasteiger partial charge on any atom is 0.290 e. The number of aromatic hydroxyl groups is 1. The highest BCUT2D eigenvalue weighted by molar-refractivity contribution is 5.96. The number of amides is 1. The summed E-state index contributed by atoms with van der Waals surface area (Å²) >= 11 is 0. The third kappa shape index (κ3) is 2.12. The molecule has 3 N–H and O–H groups in total. The van der Waals surface area contributed by atoms with Crippen molar-refractivity contribution in [2.24, 2.45) is 0 Å². The first-order chi connectivity index (χ1) is 6.66. The monoisotopic (exact) mass is 196 g/mol. The smallest absolute Gasteiger partial charge is 0.290 e. The standard InChI is InChI=1S/C9H12N2O3/c1-2-4-10-8(13)6-3-5-11-9(14)7(6)12/h3,5,12H,2,4H2,1H3,(H,10,13)(H,11,14). The molecule has 0 atom stereocenters. The predicted octanol–water partition coefficient (Wildman–Crippen LogP) is 0.220. The van der Waals surface area contributed by atoms with Crippen LogP contribution in [0.1, 0.15) is 23.7 Å². The summed E-state index contributed by atoms with van der Waals surface area (Å²) in [7, 11) is 0. The SMILES string of the molecule is CCCNC(=O)c1cc[nH]c(=O)c1O. The molecule has 76 valence electrons. The fraction of sp³-hybridized carbons (Fsp3) is 0.333. The summed E-state index contributed by atoms with van der Waals surface area (Å²) in [5.41, 5.74) is -0.656. The first-order valence-corrected chi connectivity index (χ1v) is 4.35. The minimum atomic E-state index is -0.658. The van der Waals surface area contributed by atoms with Crippen LogP contribution in [0, 0.1) is 0 Å². The van der Waals surface area contributed by atoms with Gasteiger partial charge in [-0.25, -0.2) is 0 Å². The quantitative estimate of drug-likeness (QED) is 0.646. The van der Waals surface area contributed by atoms with E-state index in [9.17, 15) is 14.7 Å². The molecule has 0 saturated carbocycles. The zero-order valence-electron chi connectivity index (χ0n) is 7.83. The van der Waals surface area contributed by atoms with Crippen LogP contribution in [0.5, 0.6) is 5.75 Å². The number of carbonyl (C=O) groups is 1. The molecule has 0 fully saturated rings. The number of hydrogen-bond acceptors (Lipinski definition) is 3. The van der Waals surface area contributed by atoms with Crippen LogP contribution in [-0.4, -0.2) is 22.5 Å². The maximum atomic E-state index is 11.4. The first-order valence-electron chi connectivity index (χ1n) is 4.35. The van der Waals surface area contributed by atoms with Gasteiger partial charge in [0.2, 0.25) is 0 Å². The molecule has 0 aliphatic rings. The van der Waals surface area contributed by atoms with Gasteiger partial charge in [0.1, 0.15) is 0 Å². The van der Waals surface area contributed by atoms with Crippen molar-refractivity contribution in [3.63, 3.8) is 0 Å². The van der Waals surface area contributed by atoms with Gasteiger partial charge in [-0.05, 0) is 12.5 Å². The molecule has 1 rings (SSSR count). The molecule has 0 spiro atoms. The van der Waals surface area contributed by atoms with Gasteiger partial charge in [0.05, 0.1) is 5.56 Å². The lowest BCUT2D eigenvalue weighted by atomic mass is 10.2. The number of aromatic amines is 1. The minimum absolute atomic E-state index is 0.00204. The maximum absolute atomic E-state index is 11.4. The molecule has 5 heteroatoms. The predicted molar refractivity (Wildman–Crippen MR) is 51.4 cm³/mol. The molecular formula is C9H12N2O3. The number of H-pyrrole nitrogens is 1. The van der Waals surface area contributed by atoms with E-state index in [1.807, 2.05) is 6.92 Å². The molecule has 0 aliphatic heterocycles. The van der Waals surface area contributed by atoms with Crippen LogP contribution in [0.3, 0.4) is 0 Å². The molecule has 0 aromatic carbocycles. The van der Waals surface area contributed by atoms with E-state index in [0.717, 1.165) is 6.42 Å². The van der Waals surface area contributed by atoms with Crippen LogP contribution in [0.2, 0.25) is 0 Å². The summed E-state index contributed by atoms with van der Waals surface area (Å²) in [5, 5.41) is 11.8. The average molecular weight is 196 g/mol. The molecule has 0 radical (unpaired) electrons. The molecule has 1 amide bonds. The number of rotatable bonds is 3. The summed E-state index contributed by atoms with van der Waals surface area (Å²) in [4.78, 5) is 24.6. The zero-order valence-corrected chi connectivity index (χ0v) is 7.83. The second-order valence-corrected chi connectivity index (χ2v) is 2.82. The van der Waals surface area contributed by atoms with Gasteiger partial charge in [0.25, 0.3) is 11.5 Å². The normalized spacial score (nSPS) is 9.79. The number of carbonyl (C=O) groups excluding carboxylic acids is 1. The van der Waals surface area contributed by atoms with E-state index < -0.39 is 17.2 Å². The average Bonchev–Trinajstić information content (AvgIpc) is 2.18. The Labute approximate surface area is 80.8 Å². The van der Waals surface area contributed by atoms with Crippen molar-refractivity contribution < 1.29 is 9.90 Å². The molecule has 14 heavy (non-hydrogen) atoms. The Balaban J connectivity index is 2.90. The van der Waals surface area contributed by atoms with Gasteiger partial charge in [-0.2, -0.15) is 0 Å². The fourth-order valence-electron chi connectivity index (χ4n) is 0.987. The topological polar surface area (TPSA) is 82.2 Å². The number of aromatic nitrogens is 1. The van der Waals surface area contributed by atoms with Crippen LogP contribution in [0.25, 0.3) is 0 Å². The third-order valence-electron chi connectivity index (χ3n) is 1.71. The zero-order chi connectivity index (χ0) is 10.6. The molecule has 0 aliphatic carbocycles. The second-order valence-electron chi connectivity index (χ2n) is 2.82. The molecule has 0 saturated heterocycles. The van der Waals surface area contributed by atoms with Gasteiger partial charge in [0.15, 0.2) is 5.75 Å². The lowest BCUT2D eigenvalue weighted by Crippen LogP contribution is -2.25. The third-order valence-corrected chi connectivity index (χ3v) is 1.71. The molecule has 1 aromatic heterocycles. The van der Waals surface area contributed by atoms with Crippen molar-refractivity contribution in [3.05, 3.63) is 28.2 Å². The van der Waals surface area contributed by atoms with Gasteiger partial charge in [0, 0.05) is 12.7 Å². The molecular weight excluding hydrogens is 184 g/mol. The largest absolute Gasteiger partial charge is 0.502 e. The van der Waals surface area contributed by atoms with E-state index in [4.69, 9.17) is 0 Å². The van der Waals surface area contributed by atoms with Crippen LogP contribution in [0.15, 0.2) is 17.1 Å². The van der Waals surface area contributed by atoms with E-state index >= 15 is 0 Å². The van der Waals surface area contributed by atoms with E-state index in [1.165, 1.54) is 12.3 Å². The Bertz CT molecular complexity index is 384. The summed E-state index contributed by atoms with van der Waals surface area (Å²) in [6.45, 7) is 2.43. The lowest BCUT2D eigenvalue weighted by molar-refractivity contribution is 0.0950. The van der Waals surface area contributed by atoms with Gasteiger partial charge in [-0.1, -0.05) is 6.92 Å². The van der Waals surface area contributed by atoms with Crippen molar-refractivity contribution in [2.75, 3.05) is 6.54 Å². The van der Waals surface area contributed by atoms with E-state index in [0.29, 0.717) is 6.54 Å². The van der Waals surface area contributed by atoms with Gasteiger partial charge in [-0.15, -0.1) is 0 Å². The second kappa shape index (κ2) is 4.45. The lowest BCUT2D eigenvalue weighted by Gasteiger charge is -2.03. The van der Waals surface area contributed by atoms with Crippen molar-refractivity contribution in [3.8, 4) is 5.75 Å². The minimum Gasteiger partial charge on any atom is -0.502 e. The summed E-state index contributed by atoms with van der Waals surface area (Å²) in [5.74, 6) is -0.975. The van der Waals surface area contributed by atoms with Crippen LogP contribution in [-0.2, 0) is 0 Å². The Morgan fingerprint density at radius 2 is 2.36 bits per heavy atom.